The predicted molar refractivity (Wildman–Crippen MR) is 67.5 cm³/mol. The summed E-state index contributed by atoms with van der Waals surface area (Å²) in [6.07, 6.45) is -4.70. The van der Waals surface area contributed by atoms with Gasteiger partial charge in [0.2, 0.25) is 0 Å². The van der Waals surface area contributed by atoms with Gasteiger partial charge < -0.3 is 9.09 Å². The van der Waals surface area contributed by atoms with Gasteiger partial charge >= 0.3 is 6.18 Å². The minimum Gasteiger partial charge on any atom is -0.334 e. The Bertz CT molecular complexity index is 880. The van der Waals surface area contributed by atoms with Gasteiger partial charge in [-0.1, -0.05) is 23.4 Å². The standard InChI is InChI=1S/C13H8F3N3O2/c1-19-9-5-3-2-4-7(9)8(6-10(19)20)11-17-12(18-21-11)13(14,15)16/h2-6H,1H3. The number of pyridine rings is 1. The number of benzene rings is 1. The molecule has 3 aromatic rings. The molecule has 2 heterocycles. The highest BCUT2D eigenvalue weighted by atomic mass is 19.4. The van der Waals surface area contributed by atoms with Crippen molar-refractivity contribution in [3.8, 4) is 11.5 Å². The molecule has 0 fully saturated rings. The number of alkyl halides is 3. The van der Waals surface area contributed by atoms with Gasteiger partial charge in [-0.15, -0.1) is 0 Å². The van der Waals surface area contributed by atoms with E-state index in [0.717, 1.165) is 0 Å². The molecule has 0 aliphatic heterocycles. The molecule has 0 saturated heterocycles. The summed E-state index contributed by atoms with van der Waals surface area (Å²) in [5.74, 6) is -1.71. The highest BCUT2D eigenvalue weighted by Gasteiger charge is 2.37. The van der Waals surface area contributed by atoms with Crippen LogP contribution < -0.4 is 5.56 Å². The normalized spacial score (nSPS) is 12.0. The van der Waals surface area contributed by atoms with E-state index >= 15 is 0 Å². The summed E-state index contributed by atoms with van der Waals surface area (Å²) in [5, 5.41) is 3.46. The maximum absolute atomic E-state index is 12.5. The molecule has 2 aromatic heterocycles. The zero-order valence-corrected chi connectivity index (χ0v) is 10.7. The van der Waals surface area contributed by atoms with Crippen molar-refractivity contribution in [3.63, 3.8) is 0 Å². The number of rotatable bonds is 1. The van der Waals surface area contributed by atoms with E-state index in [-0.39, 0.29) is 17.0 Å². The molecule has 0 bridgehead atoms. The smallest absolute Gasteiger partial charge is 0.334 e. The fraction of sp³-hybridized carbons (Fsp3) is 0.154. The van der Waals surface area contributed by atoms with Gasteiger partial charge in [0.25, 0.3) is 17.3 Å². The van der Waals surface area contributed by atoms with Crippen LogP contribution in [-0.2, 0) is 13.2 Å². The monoisotopic (exact) mass is 295 g/mol. The van der Waals surface area contributed by atoms with Gasteiger partial charge in [-0.25, -0.2) is 0 Å². The van der Waals surface area contributed by atoms with Gasteiger partial charge in [0.1, 0.15) is 0 Å². The average molecular weight is 295 g/mol. The van der Waals surface area contributed by atoms with Gasteiger partial charge in [-0.2, -0.15) is 18.2 Å². The minimum absolute atomic E-state index is 0.178. The Morgan fingerprint density at radius 1 is 1.24 bits per heavy atom. The first-order valence-corrected chi connectivity index (χ1v) is 5.88. The van der Waals surface area contributed by atoms with E-state index in [4.69, 9.17) is 0 Å². The van der Waals surface area contributed by atoms with E-state index in [1.54, 1.807) is 31.3 Å². The SMILES string of the molecule is Cn1c(=O)cc(-c2nc(C(F)(F)F)no2)c2ccccc21. The third kappa shape index (κ3) is 2.18. The number of hydrogen-bond donors (Lipinski definition) is 0. The van der Waals surface area contributed by atoms with Crippen molar-refractivity contribution in [3.05, 3.63) is 46.5 Å². The fourth-order valence-corrected chi connectivity index (χ4v) is 2.04. The van der Waals surface area contributed by atoms with E-state index in [1.807, 2.05) is 0 Å². The molecule has 3 rings (SSSR count). The number of halogens is 3. The van der Waals surface area contributed by atoms with Crippen molar-refractivity contribution in [1.82, 2.24) is 14.7 Å². The van der Waals surface area contributed by atoms with Crippen LogP contribution in [0.4, 0.5) is 13.2 Å². The van der Waals surface area contributed by atoms with Gasteiger partial charge in [-0.3, -0.25) is 4.79 Å². The summed E-state index contributed by atoms with van der Waals surface area (Å²) in [6, 6.07) is 7.96. The van der Waals surface area contributed by atoms with Crippen molar-refractivity contribution in [2.75, 3.05) is 0 Å². The van der Waals surface area contributed by atoms with Crippen molar-refractivity contribution in [1.29, 1.82) is 0 Å². The largest absolute Gasteiger partial charge is 0.455 e. The molecule has 0 unspecified atom stereocenters. The fourth-order valence-electron chi connectivity index (χ4n) is 2.04. The van der Waals surface area contributed by atoms with Crippen molar-refractivity contribution in [2.24, 2.45) is 7.05 Å². The lowest BCUT2D eigenvalue weighted by Crippen LogP contribution is -2.16. The van der Waals surface area contributed by atoms with Crippen LogP contribution in [0.1, 0.15) is 5.82 Å². The topological polar surface area (TPSA) is 60.9 Å². The number of hydrogen-bond acceptors (Lipinski definition) is 4. The molecule has 0 aliphatic carbocycles. The summed E-state index contributed by atoms with van der Waals surface area (Å²) in [4.78, 5) is 15.2. The average Bonchev–Trinajstić information content (AvgIpc) is 2.92. The first-order valence-electron chi connectivity index (χ1n) is 5.88. The van der Waals surface area contributed by atoms with Gasteiger partial charge in [0, 0.05) is 18.5 Å². The summed E-state index contributed by atoms with van der Waals surface area (Å²) in [5.41, 5.74) is 0.360. The summed E-state index contributed by atoms with van der Waals surface area (Å²) < 4.78 is 43.6. The molecule has 8 heteroatoms. The van der Waals surface area contributed by atoms with Crippen LogP contribution in [0.5, 0.6) is 0 Å². The lowest BCUT2D eigenvalue weighted by Gasteiger charge is -2.06. The lowest BCUT2D eigenvalue weighted by molar-refractivity contribution is -0.146. The maximum atomic E-state index is 12.5. The second-order valence-corrected chi connectivity index (χ2v) is 4.39. The molecular weight excluding hydrogens is 287 g/mol. The van der Waals surface area contributed by atoms with Crippen molar-refractivity contribution in [2.45, 2.75) is 6.18 Å². The number of fused-ring (bicyclic) bond motifs is 1. The highest BCUT2D eigenvalue weighted by Crippen LogP contribution is 2.30. The Balaban J connectivity index is 2.28. The third-order valence-corrected chi connectivity index (χ3v) is 3.06. The molecule has 0 atom stereocenters. The van der Waals surface area contributed by atoms with Crippen LogP contribution in [0.25, 0.3) is 22.4 Å². The molecule has 21 heavy (non-hydrogen) atoms. The molecular formula is C13H8F3N3O2. The lowest BCUT2D eigenvalue weighted by atomic mass is 10.1. The highest BCUT2D eigenvalue weighted by molar-refractivity contribution is 5.92. The molecule has 0 spiro atoms. The molecule has 108 valence electrons. The number of aromatic nitrogens is 3. The van der Waals surface area contributed by atoms with Crippen LogP contribution in [0.15, 0.2) is 39.6 Å². The molecule has 0 aliphatic rings. The first-order chi connectivity index (χ1) is 9.88. The second-order valence-electron chi connectivity index (χ2n) is 4.39. The van der Waals surface area contributed by atoms with Crippen molar-refractivity contribution >= 4 is 10.9 Å². The van der Waals surface area contributed by atoms with Crippen LogP contribution in [0.3, 0.4) is 0 Å². The van der Waals surface area contributed by atoms with Crippen LogP contribution in [-0.4, -0.2) is 14.7 Å². The zero-order chi connectivity index (χ0) is 15.2. The molecule has 0 radical (unpaired) electrons. The van der Waals surface area contributed by atoms with Crippen LogP contribution in [0.2, 0.25) is 0 Å². The zero-order valence-electron chi connectivity index (χ0n) is 10.7. The second kappa shape index (κ2) is 4.44. The van der Waals surface area contributed by atoms with Gasteiger partial charge in [0.05, 0.1) is 11.1 Å². The minimum atomic E-state index is -4.70. The number of nitrogens with zero attached hydrogens (tertiary/aromatic N) is 3. The maximum Gasteiger partial charge on any atom is 0.455 e. The summed E-state index contributed by atoms with van der Waals surface area (Å²) >= 11 is 0. The summed E-state index contributed by atoms with van der Waals surface area (Å²) in [7, 11) is 1.57. The Labute approximate surface area is 115 Å². The summed E-state index contributed by atoms with van der Waals surface area (Å²) in [6.45, 7) is 0. The number of aryl methyl sites for hydroxylation is 1. The quantitative estimate of drug-likeness (QED) is 0.692. The number of para-hydroxylation sites is 1. The van der Waals surface area contributed by atoms with E-state index in [9.17, 15) is 18.0 Å². The molecule has 0 saturated carbocycles. The Hall–Kier alpha value is -2.64. The van der Waals surface area contributed by atoms with Crippen LogP contribution >= 0.6 is 0 Å². The van der Waals surface area contributed by atoms with E-state index < -0.39 is 12.0 Å². The van der Waals surface area contributed by atoms with E-state index in [1.165, 1.54) is 10.6 Å². The van der Waals surface area contributed by atoms with Gasteiger partial charge in [0.15, 0.2) is 0 Å². The Morgan fingerprint density at radius 2 is 1.95 bits per heavy atom. The van der Waals surface area contributed by atoms with Crippen LogP contribution in [0, 0.1) is 0 Å². The predicted octanol–water partition coefficient (Wildman–Crippen LogP) is 2.61. The first kappa shape index (κ1) is 13.3. The molecule has 5 nitrogen and oxygen atoms in total. The third-order valence-electron chi connectivity index (χ3n) is 3.06. The van der Waals surface area contributed by atoms with E-state index in [0.29, 0.717) is 10.9 Å². The van der Waals surface area contributed by atoms with Gasteiger partial charge in [-0.05, 0) is 6.07 Å². The van der Waals surface area contributed by atoms with Crippen molar-refractivity contribution < 1.29 is 17.7 Å². The molecule has 0 N–H and O–H groups in total. The Kier molecular flexibility index (Phi) is 2.82. The molecule has 1 aromatic carbocycles. The molecule has 0 amide bonds. The Morgan fingerprint density at radius 3 is 2.62 bits per heavy atom. The van der Waals surface area contributed by atoms with E-state index in [2.05, 4.69) is 14.7 Å².